The van der Waals surface area contributed by atoms with E-state index >= 15 is 0 Å². The molecule has 0 radical (unpaired) electrons. The molecule has 1 amide bonds. The minimum absolute atomic E-state index is 0.265. The molecule has 1 fully saturated rings. The average molecular weight is 454 g/mol. The number of rotatable bonds is 6. The van der Waals surface area contributed by atoms with E-state index in [-0.39, 0.29) is 5.91 Å². The van der Waals surface area contributed by atoms with Crippen molar-refractivity contribution in [3.8, 4) is 11.1 Å². The van der Waals surface area contributed by atoms with Crippen molar-refractivity contribution in [3.05, 3.63) is 73.7 Å². The summed E-state index contributed by atoms with van der Waals surface area (Å²) in [5.74, 6) is 1.10. The SMILES string of the molecule is C=CC(=O)Nc1cccc(-c2ccnc3cnc(Nc4ccc(N5CCOCC5)nc4)nc23)c1. The second kappa shape index (κ2) is 9.63. The van der Waals surface area contributed by atoms with Gasteiger partial charge in [0.25, 0.3) is 0 Å². The molecule has 4 aromatic rings. The van der Waals surface area contributed by atoms with E-state index < -0.39 is 0 Å². The van der Waals surface area contributed by atoms with Crippen LogP contribution in [0, 0.1) is 0 Å². The van der Waals surface area contributed by atoms with E-state index in [1.807, 2.05) is 42.5 Å². The maximum atomic E-state index is 11.7. The lowest BCUT2D eigenvalue weighted by molar-refractivity contribution is -0.111. The fourth-order valence-corrected chi connectivity index (χ4v) is 3.76. The van der Waals surface area contributed by atoms with Crippen LogP contribution in [0.5, 0.6) is 0 Å². The van der Waals surface area contributed by atoms with Crippen LogP contribution in [0.4, 0.5) is 23.1 Å². The number of ether oxygens (including phenoxy) is 1. The highest BCUT2D eigenvalue weighted by atomic mass is 16.5. The molecule has 170 valence electrons. The Kier molecular flexibility index (Phi) is 6.09. The molecule has 0 spiro atoms. The van der Waals surface area contributed by atoms with E-state index in [9.17, 15) is 4.79 Å². The van der Waals surface area contributed by atoms with Gasteiger partial charge >= 0.3 is 0 Å². The smallest absolute Gasteiger partial charge is 0.247 e. The molecule has 3 aromatic heterocycles. The summed E-state index contributed by atoms with van der Waals surface area (Å²) in [7, 11) is 0. The minimum Gasteiger partial charge on any atom is -0.378 e. The Labute approximate surface area is 196 Å². The molecule has 34 heavy (non-hydrogen) atoms. The van der Waals surface area contributed by atoms with Crippen LogP contribution in [-0.2, 0) is 9.53 Å². The maximum absolute atomic E-state index is 11.7. The van der Waals surface area contributed by atoms with E-state index in [0.29, 0.717) is 35.9 Å². The Morgan fingerprint density at radius 1 is 1.03 bits per heavy atom. The predicted molar refractivity (Wildman–Crippen MR) is 132 cm³/mol. The van der Waals surface area contributed by atoms with Crippen molar-refractivity contribution in [2.24, 2.45) is 0 Å². The first-order chi connectivity index (χ1) is 16.7. The zero-order chi connectivity index (χ0) is 23.3. The molecule has 0 unspecified atom stereocenters. The van der Waals surface area contributed by atoms with Crippen LogP contribution >= 0.6 is 0 Å². The third-order valence-electron chi connectivity index (χ3n) is 5.44. The van der Waals surface area contributed by atoms with Crippen molar-refractivity contribution in [2.75, 3.05) is 41.8 Å². The summed E-state index contributed by atoms with van der Waals surface area (Å²) in [4.78, 5) is 32.0. The van der Waals surface area contributed by atoms with Gasteiger partial charge in [-0.15, -0.1) is 0 Å². The van der Waals surface area contributed by atoms with E-state index in [1.165, 1.54) is 6.08 Å². The van der Waals surface area contributed by atoms with Crippen molar-refractivity contribution in [2.45, 2.75) is 0 Å². The predicted octanol–water partition coefficient (Wildman–Crippen LogP) is 3.79. The molecule has 1 saturated heterocycles. The lowest BCUT2D eigenvalue weighted by Crippen LogP contribution is -2.36. The average Bonchev–Trinajstić information content (AvgIpc) is 2.89. The fourth-order valence-electron chi connectivity index (χ4n) is 3.76. The minimum atomic E-state index is -0.265. The molecule has 0 bridgehead atoms. The van der Waals surface area contributed by atoms with Crippen LogP contribution in [0.3, 0.4) is 0 Å². The summed E-state index contributed by atoms with van der Waals surface area (Å²) in [6, 6.07) is 13.4. The van der Waals surface area contributed by atoms with Crippen molar-refractivity contribution in [1.29, 1.82) is 0 Å². The van der Waals surface area contributed by atoms with Crippen LogP contribution in [0.1, 0.15) is 0 Å². The Morgan fingerprint density at radius 3 is 2.71 bits per heavy atom. The fraction of sp³-hybridized carbons (Fsp3) is 0.160. The largest absolute Gasteiger partial charge is 0.378 e. The Balaban J connectivity index is 1.41. The van der Waals surface area contributed by atoms with Gasteiger partial charge in [-0.1, -0.05) is 18.7 Å². The van der Waals surface area contributed by atoms with Crippen LogP contribution in [0.25, 0.3) is 22.2 Å². The topological polar surface area (TPSA) is 105 Å². The molecule has 1 aromatic carbocycles. The molecular formula is C25H23N7O2. The van der Waals surface area contributed by atoms with Crippen LogP contribution < -0.4 is 15.5 Å². The third-order valence-corrected chi connectivity index (χ3v) is 5.44. The van der Waals surface area contributed by atoms with E-state index in [2.05, 4.69) is 37.1 Å². The molecule has 9 heteroatoms. The first-order valence-electron chi connectivity index (χ1n) is 10.9. The second-order valence-electron chi connectivity index (χ2n) is 7.69. The van der Waals surface area contributed by atoms with E-state index in [1.54, 1.807) is 18.6 Å². The maximum Gasteiger partial charge on any atom is 0.247 e. The van der Waals surface area contributed by atoms with Crippen LogP contribution in [0.2, 0.25) is 0 Å². The zero-order valence-corrected chi connectivity index (χ0v) is 18.4. The van der Waals surface area contributed by atoms with Gasteiger partial charge in [0, 0.05) is 30.5 Å². The summed E-state index contributed by atoms with van der Waals surface area (Å²) in [5, 5.41) is 6.01. The van der Waals surface area contributed by atoms with Crippen LogP contribution in [0.15, 0.2) is 73.7 Å². The summed E-state index contributed by atoms with van der Waals surface area (Å²) in [6.07, 6.45) is 6.42. The molecule has 0 atom stereocenters. The molecule has 1 aliphatic rings. The van der Waals surface area contributed by atoms with Crippen molar-refractivity contribution in [3.63, 3.8) is 0 Å². The Hall–Kier alpha value is -4.37. The summed E-state index contributed by atoms with van der Waals surface area (Å²) < 4.78 is 5.40. The van der Waals surface area contributed by atoms with Gasteiger partial charge in [-0.2, -0.15) is 0 Å². The quantitative estimate of drug-likeness (QED) is 0.425. The highest BCUT2D eigenvalue weighted by Crippen LogP contribution is 2.29. The van der Waals surface area contributed by atoms with Gasteiger partial charge in [-0.3, -0.25) is 9.78 Å². The van der Waals surface area contributed by atoms with Gasteiger partial charge in [0.2, 0.25) is 11.9 Å². The number of morpholine rings is 1. The molecule has 0 aliphatic carbocycles. The Bertz CT molecular complexity index is 1330. The number of nitrogens with one attached hydrogen (secondary N) is 2. The number of carbonyl (C=O) groups excluding carboxylic acids is 1. The van der Waals surface area contributed by atoms with Crippen molar-refractivity contribution in [1.82, 2.24) is 19.9 Å². The van der Waals surface area contributed by atoms with Gasteiger partial charge in [-0.25, -0.2) is 15.0 Å². The number of anilines is 4. The first-order valence-corrected chi connectivity index (χ1v) is 10.9. The highest BCUT2D eigenvalue weighted by molar-refractivity contribution is 6.00. The number of nitrogens with zero attached hydrogens (tertiary/aromatic N) is 5. The van der Waals surface area contributed by atoms with Crippen molar-refractivity contribution < 1.29 is 9.53 Å². The number of pyridine rings is 2. The van der Waals surface area contributed by atoms with Crippen molar-refractivity contribution >= 4 is 40.1 Å². The molecule has 4 heterocycles. The molecule has 1 aliphatic heterocycles. The standard InChI is InChI=1S/C25H23N7O2/c1-2-23(33)29-18-5-3-4-17(14-18)20-8-9-26-21-16-28-25(31-24(20)21)30-19-6-7-22(27-15-19)32-10-12-34-13-11-32/h2-9,14-16H,1,10-13H2,(H,29,33)(H,28,30,31). The number of benzene rings is 1. The van der Waals surface area contributed by atoms with Gasteiger partial charge in [0.15, 0.2) is 0 Å². The number of amides is 1. The summed E-state index contributed by atoms with van der Waals surface area (Å²) in [6.45, 7) is 6.59. The number of hydrogen-bond acceptors (Lipinski definition) is 8. The molecule has 0 saturated carbocycles. The van der Waals surface area contributed by atoms with Gasteiger partial charge in [0.1, 0.15) is 16.9 Å². The Morgan fingerprint density at radius 2 is 1.91 bits per heavy atom. The second-order valence-corrected chi connectivity index (χ2v) is 7.69. The number of fused-ring (bicyclic) bond motifs is 1. The van der Waals surface area contributed by atoms with Gasteiger partial charge in [0.05, 0.1) is 31.3 Å². The first kappa shape index (κ1) is 21.5. The lowest BCUT2D eigenvalue weighted by atomic mass is 10.0. The van der Waals surface area contributed by atoms with E-state index in [4.69, 9.17) is 9.72 Å². The highest BCUT2D eigenvalue weighted by Gasteiger charge is 2.13. The molecule has 9 nitrogen and oxygen atoms in total. The summed E-state index contributed by atoms with van der Waals surface area (Å²) in [5.41, 5.74) is 4.61. The van der Waals surface area contributed by atoms with Gasteiger partial charge in [-0.05, 0) is 42.0 Å². The third kappa shape index (κ3) is 4.69. The summed E-state index contributed by atoms with van der Waals surface area (Å²) >= 11 is 0. The number of hydrogen-bond donors (Lipinski definition) is 2. The lowest BCUT2D eigenvalue weighted by Gasteiger charge is -2.27. The number of carbonyl (C=O) groups is 1. The van der Waals surface area contributed by atoms with Crippen LogP contribution in [-0.4, -0.2) is 52.1 Å². The molecular weight excluding hydrogens is 430 g/mol. The zero-order valence-electron chi connectivity index (χ0n) is 18.4. The monoisotopic (exact) mass is 453 g/mol. The molecule has 5 rings (SSSR count). The van der Waals surface area contributed by atoms with E-state index in [0.717, 1.165) is 35.7 Å². The molecule has 2 N–H and O–H groups in total. The van der Waals surface area contributed by atoms with Gasteiger partial charge < -0.3 is 20.3 Å². The normalized spacial score (nSPS) is 13.5. The number of aromatic nitrogens is 4.